The molecule has 1 fully saturated rings. The molecule has 1 saturated heterocycles. The second-order valence-corrected chi connectivity index (χ2v) is 6.58. The van der Waals surface area contributed by atoms with Crippen LogP contribution in [0.5, 0.6) is 0 Å². The Kier molecular flexibility index (Phi) is 5.01. The summed E-state index contributed by atoms with van der Waals surface area (Å²) in [6.45, 7) is 6.52. The van der Waals surface area contributed by atoms with E-state index in [2.05, 4.69) is 45.0 Å². The molecule has 1 aliphatic rings. The number of hydrogen-bond acceptors (Lipinski definition) is 4. The average Bonchev–Trinajstić information content (AvgIpc) is 2.93. The number of nitrogens with one attached hydrogen (secondary N) is 1. The lowest BCUT2D eigenvalue weighted by Gasteiger charge is -2.32. The zero-order chi connectivity index (χ0) is 14.5. The third-order valence-corrected chi connectivity index (χ3v) is 5.15. The zero-order valence-electron chi connectivity index (χ0n) is 12.6. The Balaban J connectivity index is 1.42. The first kappa shape index (κ1) is 14.7. The van der Waals surface area contributed by atoms with Gasteiger partial charge in [0, 0.05) is 38.4 Å². The molecule has 0 aliphatic carbocycles. The maximum Gasteiger partial charge on any atom is 0.0543 e. The number of hydrogen-bond donors (Lipinski definition) is 1. The molecule has 0 bridgehead atoms. The molecule has 0 amide bonds. The molecule has 0 aromatic carbocycles. The van der Waals surface area contributed by atoms with Crippen molar-refractivity contribution in [2.45, 2.75) is 38.9 Å². The molecular weight excluding hydrogens is 278 g/mol. The van der Waals surface area contributed by atoms with Gasteiger partial charge < -0.3 is 5.32 Å². The Bertz CT molecular complexity index is 544. The summed E-state index contributed by atoms with van der Waals surface area (Å²) in [4.78, 5) is 6.93. The molecule has 1 N–H and O–H groups in total. The van der Waals surface area contributed by atoms with Crippen LogP contribution in [0.1, 0.15) is 29.7 Å². The lowest BCUT2D eigenvalue weighted by Crippen LogP contribution is -2.42. The van der Waals surface area contributed by atoms with Crippen molar-refractivity contribution in [3.63, 3.8) is 0 Å². The highest BCUT2D eigenvalue weighted by Crippen LogP contribution is 2.16. The number of aryl methyl sites for hydroxylation is 1. The number of aromatic nitrogens is 1. The molecule has 0 saturated carbocycles. The molecule has 3 heterocycles. The number of piperidine rings is 1. The SMILES string of the molecule is Cc1cscc1CNC1CCN(Cc2ccccn2)CC1. The van der Waals surface area contributed by atoms with Gasteiger partial charge in [-0.1, -0.05) is 6.07 Å². The third-order valence-electron chi connectivity index (χ3n) is 4.24. The van der Waals surface area contributed by atoms with Crippen LogP contribution in [0.3, 0.4) is 0 Å². The maximum absolute atomic E-state index is 4.42. The second kappa shape index (κ2) is 7.16. The Hall–Kier alpha value is -1.23. The van der Waals surface area contributed by atoms with E-state index in [4.69, 9.17) is 0 Å². The Morgan fingerprint density at radius 3 is 2.81 bits per heavy atom. The van der Waals surface area contributed by atoms with Crippen LogP contribution in [-0.2, 0) is 13.1 Å². The largest absolute Gasteiger partial charge is 0.310 e. The first-order chi connectivity index (χ1) is 10.3. The fourth-order valence-electron chi connectivity index (χ4n) is 2.84. The van der Waals surface area contributed by atoms with Crippen molar-refractivity contribution in [3.05, 3.63) is 52.0 Å². The van der Waals surface area contributed by atoms with Crippen LogP contribution in [0.15, 0.2) is 35.2 Å². The lowest BCUT2D eigenvalue weighted by molar-refractivity contribution is 0.188. The number of likely N-dealkylation sites (tertiary alicyclic amines) is 1. The molecule has 0 spiro atoms. The summed E-state index contributed by atoms with van der Waals surface area (Å²) in [5.41, 5.74) is 4.05. The predicted octanol–water partition coefficient (Wildman–Crippen LogP) is 3.21. The molecular formula is C17H23N3S. The van der Waals surface area contributed by atoms with Crippen LogP contribution in [0.4, 0.5) is 0 Å². The molecule has 2 aromatic heterocycles. The highest BCUT2D eigenvalue weighted by Gasteiger charge is 2.19. The molecule has 2 aromatic rings. The Morgan fingerprint density at radius 1 is 1.29 bits per heavy atom. The van der Waals surface area contributed by atoms with E-state index in [1.165, 1.54) is 29.7 Å². The highest BCUT2D eigenvalue weighted by atomic mass is 32.1. The quantitative estimate of drug-likeness (QED) is 0.919. The van der Waals surface area contributed by atoms with Crippen molar-refractivity contribution in [2.75, 3.05) is 13.1 Å². The van der Waals surface area contributed by atoms with Crippen LogP contribution in [0.2, 0.25) is 0 Å². The topological polar surface area (TPSA) is 28.2 Å². The molecule has 3 rings (SSSR count). The fraction of sp³-hybridized carbons (Fsp3) is 0.471. The summed E-state index contributed by atoms with van der Waals surface area (Å²) in [6.07, 6.45) is 4.35. The minimum absolute atomic E-state index is 0.657. The summed E-state index contributed by atoms with van der Waals surface area (Å²) in [6, 6.07) is 6.82. The van der Waals surface area contributed by atoms with Crippen LogP contribution in [0, 0.1) is 6.92 Å². The van der Waals surface area contributed by atoms with E-state index in [0.717, 1.165) is 26.2 Å². The van der Waals surface area contributed by atoms with Crippen molar-refractivity contribution in [1.29, 1.82) is 0 Å². The molecule has 1 aliphatic heterocycles. The van der Waals surface area contributed by atoms with Crippen molar-refractivity contribution in [2.24, 2.45) is 0 Å². The van der Waals surface area contributed by atoms with Gasteiger partial charge in [0.2, 0.25) is 0 Å². The van der Waals surface area contributed by atoms with E-state index < -0.39 is 0 Å². The number of pyridine rings is 1. The van der Waals surface area contributed by atoms with E-state index in [9.17, 15) is 0 Å². The van der Waals surface area contributed by atoms with Crippen LogP contribution in [-0.4, -0.2) is 29.0 Å². The third kappa shape index (κ3) is 4.13. The van der Waals surface area contributed by atoms with Gasteiger partial charge in [-0.3, -0.25) is 9.88 Å². The Morgan fingerprint density at radius 2 is 2.14 bits per heavy atom. The van der Waals surface area contributed by atoms with Gasteiger partial charge in [-0.2, -0.15) is 11.3 Å². The number of rotatable bonds is 5. The van der Waals surface area contributed by atoms with Gasteiger partial charge in [-0.25, -0.2) is 0 Å². The Labute approximate surface area is 131 Å². The van der Waals surface area contributed by atoms with E-state index >= 15 is 0 Å². The van der Waals surface area contributed by atoms with Gasteiger partial charge in [0.05, 0.1) is 5.69 Å². The number of thiophene rings is 1. The van der Waals surface area contributed by atoms with Crippen LogP contribution in [0.25, 0.3) is 0 Å². The summed E-state index contributed by atoms with van der Waals surface area (Å²) < 4.78 is 0. The molecule has 4 heteroatoms. The normalized spacial score (nSPS) is 17.2. The van der Waals surface area contributed by atoms with E-state index in [-0.39, 0.29) is 0 Å². The zero-order valence-corrected chi connectivity index (χ0v) is 13.4. The first-order valence-corrected chi connectivity index (χ1v) is 8.63. The monoisotopic (exact) mass is 301 g/mol. The minimum atomic E-state index is 0.657. The first-order valence-electron chi connectivity index (χ1n) is 7.68. The second-order valence-electron chi connectivity index (χ2n) is 5.83. The van der Waals surface area contributed by atoms with Crippen molar-refractivity contribution >= 4 is 11.3 Å². The number of nitrogens with zero attached hydrogens (tertiary/aromatic N) is 2. The molecule has 0 unspecified atom stereocenters. The molecule has 0 atom stereocenters. The molecule has 0 radical (unpaired) electrons. The summed E-state index contributed by atoms with van der Waals surface area (Å²) in [5.74, 6) is 0. The standard InChI is InChI=1S/C17H23N3S/c1-14-12-21-13-15(14)10-19-16-5-8-20(9-6-16)11-17-4-2-3-7-18-17/h2-4,7,12-13,16,19H,5-6,8-11H2,1H3. The van der Waals surface area contributed by atoms with E-state index in [1.54, 1.807) is 11.3 Å². The van der Waals surface area contributed by atoms with Gasteiger partial charge in [0.25, 0.3) is 0 Å². The average molecular weight is 301 g/mol. The predicted molar refractivity (Wildman–Crippen MR) is 88.4 cm³/mol. The van der Waals surface area contributed by atoms with Crippen LogP contribution < -0.4 is 5.32 Å². The summed E-state index contributed by atoms with van der Waals surface area (Å²) in [5, 5.41) is 8.20. The van der Waals surface area contributed by atoms with Gasteiger partial charge in [-0.15, -0.1) is 0 Å². The summed E-state index contributed by atoms with van der Waals surface area (Å²) in [7, 11) is 0. The minimum Gasteiger partial charge on any atom is -0.310 e. The van der Waals surface area contributed by atoms with Gasteiger partial charge in [-0.05, 0) is 53.8 Å². The van der Waals surface area contributed by atoms with Gasteiger partial charge >= 0.3 is 0 Å². The lowest BCUT2D eigenvalue weighted by atomic mass is 10.0. The van der Waals surface area contributed by atoms with Gasteiger partial charge in [0.15, 0.2) is 0 Å². The van der Waals surface area contributed by atoms with Crippen molar-refractivity contribution < 1.29 is 0 Å². The van der Waals surface area contributed by atoms with Gasteiger partial charge in [0.1, 0.15) is 0 Å². The molecule has 3 nitrogen and oxygen atoms in total. The molecule has 112 valence electrons. The van der Waals surface area contributed by atoms with E-state index in [0.29, 0.717) is 6.04 Å². The van der Waals surface area contributed by atoms with Crippen molar-refractivity contribution in [3.8, 4) is 0 Å². The van der Waals surface area contributed by atoms with E-state index in [1.807, 2.05) is 12.3 Å². The highest BCUT2D eigenvalue weighted by molar-refractivity contribution is 7.08. The smallest absolute Gasteiger partial charge is 0.0543 e. The molecule has 21 heavy (non-hydrogen) atoms. The fourth-order valence-corrected chi connectivity index (χ4v) is 3.70. The van der Waals surface area contributed by atoms with Crippen molar-refractivity contribution in [1.82, 2.24) is 15.2 Å². The van der Waals surface area contributed by atoms with Crippen LogP contribution >= 0.6 is 11.3 Å². The summed E-state index contributed by atoms with van der Waals surface area (Å²) >= 11 is 1.80. The maximum atomic E-state index is 4.42.